The molecule has 1 aromatic rings. The fraction of sp³-hybridized carbons (Fsp3) is 0.615. The predicted octanol–water partition coefficient (Wildman–Crippen LogP) is 1.91. The van der Waals surface area contributed by atoms with Crippen molar-refractivity contribution in [1.82, 2.24) is 9.97 Å². The van der Waals surface area contributed by atoms with Crippen LogP contribution in [0.3, 0.4) is 0 Å². The number of rotatable bonds is 5. The molecule has 0 unspecified atom stereocenters. The van der Waals surface area contributed by atoms with Gasteiger partial charge >= 0.3 is 5.97 Å². The molecule has 5 nitrogen and oxygen atoms in total. The maximum atomic E-state index is 11.4. The second-order valence-electron chi connectivity index (χ2n) is 4.47. The quantitative estimate of drug-likeness (QED) is 0.748. The van der Waals surface area contributed by atoms with E-state index < -0.39 is 0 Å². The summed E-state index contributed by atoms with van der Waals surface area (Å²) < 4.78 is 4.69. The van der Waals surface area contributed by atoms with Crippen LogP contribution in [0, 0.1) is 6.92 Å². The van der Waals surface area contributed by atoms with Crippen LogP contribution in [0.15, 0.2) is 6.07 Å². The number of carbonyl (C=O) groups excluding carboxylic acids is 1. The number of carbonyl (C=O) groups is 1. The molecule has 0 aromatic carbocycles. The Morgan fingerprint density at radius 3 is 2.61 bits per heavy atom. The highest BCUT2D eigenvalue weighted by molar-refractivity contribution is 5.75. The molecule has 18 heavy (non-hydrogen) atoms. The molecule has 0 N–H and O–H groups in total. The Morgan fingerprint density at radius 2 is 2.11 bits per heavy atom. The lowest BCUT2D eigenvalue weighted by Gasteiger charge is -2.21. The Balaban J connectivity index is 3.01. The van der Waals surface area contributed by atoms with E-state index in [0.717, 1.165) is 17.3 Å². The molecule has 0 bridgehead atoms. The van der Waals surface area contributed by atoms with Gasteiger partial charge in [0.25, 0.3) is 0 Å². The molecular weight excluding hydrogens is 230 g/mol. The van der Waals surface area contributed by atoms with Crippen LogP contribution in [-0.4, -0.2) is 36.1 Å². The standard InChI is InChI=1S/C13H21N3O2/c1-6-16(8-12(17)18-5)11-7-10(4)14-13(15-11)9(2)3/h7,9H,6,8H2,1-5H3. The molecule has 1 heterocycles. The number of anilines is 1. The largest absolute Gasteiger partial charge is 0.468 e. The molecule has 0 radical (unpaired) electrons. The van der Waals surface area contributed by atoms with Crippen molar-refractivity contribution >= 4 is 11.8 Å². The van der Waals surface area contributed by atoms with Gasteiger partial charge in [-0.05, 0) is 13.8 Å². The molecule has 0 aliphatic rings. The second-order valence-corrected chi connectivity index (χ2v) is 4.47. The summed E-state index contributed by atoms with van der Waals surface area (Å²) in [4.78, 5) is 22.1. The van der Waals surface area contributed by atoms with Gasteiger partial charge in [-0.1, -0.05) is 13.8 Å². The molecular formula is C13H21N3O2. The maximum Gasteiger partial charge on any atom is 0.325 e. The molecule has 0 saturated carbocycles. The third kappa shape index (κ3) is 3.68. The molecule has 1 aromatic heterocycles. The van der Waals surface area contributed by atoms with E-state index in [0.29, 0.717) is 6.54 Å². The van der Waals surface area contributed by atoms with Crippen LogP contribution in [0.25, 0.3) is 0 Å². The van der Waals surface area contributed by atoms with E-state index >= 15 is 0 Å². The van der Waals surface area contributed by atoms with Gasteiger partial charge < -0.3 is 9.64 Å². The SMILES string of the molecule is CCN(CC(=O)OC)c1cc(C)nc(C(C)C)n1. The van der Waals surface area contributed by atoms with Crippen LogP contribution in [-0.2, 0) is 9.53 Å². The van der Waals surface area contributed by atoms with Gasteiger partial charge in [-0.25, -0.2) is 9.97 Å². The Hall–Kier alpha value is -1.65. The summed E-state index contributed by atoms with van der Waals surface area (Å²) in [5.74, 6) is 1.58. The van der Waals surface area contributed by atoms with Crippen LogP contribution in [0.5, 0.6) is 0 Å². The zero-order valence-corrected chi connectivity index (χ0v) is 11.7. The van der Waals surface area contributed by atoms with E-state index in [2.05, 4.69) is 28.6 Å². The summed E-state index contributed by atoms with van der Waals surface area (Å²) in [6.45, 7) is 8.92. The number of methoxy groups -OCH3 is 1. The van der Waals surface area contributed by atoms with Crippen LogP contribution in [0.4, 0.5) is 5.82 Å². The van der Waals surface area contributed by atoms with Crippen LogP contribution in [0.2, 0.25) is 0 Å². The first-order chi connectivity index (χ1) is 8.47. The minimum absolute atomic E-state index is 0.209. The van der Waals surface area contributed by atoms with Crippen molar-refractivity contribution in [3.8, 4) is 0 Å². The number of aryl methyl sites for hydroxylation is 1. The van der Waals surface area contributed by atoms with E-state index in [4.69, 9.17) is 0 Å². The molecule has 0 fully saturated rings. The van der Waals surface area contributed by atoms with Gasteiger partial charge in [0.05, 0.1) is 7.11 Å². The normalized spacial score (nSPS) is 10.6. The van der Waals surface area contributed by atoms with Gasteiger partial charge in [-0.3, -0.25) is 4.79 Å². The number of hydrogen-bond donors (Lipinski definition) is 0. The third-order valence-corrected chi connectivity index (χ3v) is 2.63. The van der Waals surface area contributed by atoms with Crippen molar-refractivity contribution in [3.63, 3.8) is 0 Å². The van der Waals surface area contributed by atoms with E-state index in [1.54, 1.807) is 0 Å². The molecule has 1 rings (SSSR count). The predicted molar refractivity (Wildman–Crippen MR) is 70.8 cm³/mol. The first kappa shape index (κ1) is 14.4. The number of likely N-dealkylation sites (N-methyl/N-ethyl adjacent to an activating group) is 1. The smallest absolute Gasteiger partial charge is 0.325 e. The molecule has 0 amide bonds. The van der Waals surface area contributed by atoms with Crippen molar-refractivity contribution < 1.29 is 9.53 Å². The minimum Gasteiger partial charge on any atom is -0.468 e. The summed E-state index contributed by atoms with van der Waals surface area (Å²) in [5, 5.41) is 0. The Labute approximate surface area is 108 Å². The third-order valence-electron chi connectivity index (χ3n) is 2.63. The number of esters is 1. The average molecular weight is 251 g/mol. The summed E-state index contributed by atoms with van der Waals surface area (Å²) in [6, 6.07) is 1.89. The van der Waals surface area contributed by atoms with Crippen molar-refractivity contribution in [2.75, 3.05) is 25.1 Å². The number of ether oxygens (including phenoxy) is 1. The number of nitrogens with zero attached hydrogens (tertiary/aromatic N) is 3. The molecule has 5 heteroatoms. The first-order valence-electron chi connectivity index (χ1n) is 6.15. The highest BCUT2D eigenvalue weighted by Crippen LogP contribution is 2.16. The summed E-state index contributed by atoms with van der Waals surface area (Å²) in [5.41, 5.74) is 0.909. The molecule has 0 aliphatic carbocycles. The van der Waals surface area contributed by atoms with Gasteiger partial charge in [-0.2, -0.15) is 0 Å². The van der Waals surface area contributed by atoms with Crippen LogP contribution in [0.1, 0.15) is 38.2 Å². The average Bonchev–Trinajstić information content (AvgIpc) is 2.34. The lowest BCUT2D eigenvalue weighted by Crippen LogP contribution is -2.31. The van der Waals surface area contributed by atoms with Gasteiger partial charge in [0.15, 0.2) is 0 Å². The zero-order chi connectivity index (χ0) is 13.7. The second kappa shape index (κ2) is 6.33. The molecule has 0 spiro atoms. The molecule has 0 aliphatic heterocycles. The van der Waals surface area contributed by atoms with Crippen molar-refractivity contribution in [2.24, 2.45) is 0 Å². The molecule has 0 saturated heterocycles. The Bertz CT molecular complexity index is 419. The highest BCUT2D eigenvalue weighted by atomic mass is 16.5. The molecule has 0 atom stereocenters. The Kier molecular flexibility index (Phi) is 5.07. The minimum atomic E-state index is -0.265. The summed E-state index contributed by atoms with van der Waals surface area (Å²) in [6.07, 6.45) is 0. The van der Waals surface area contributed by atoms with Gasteiger partial charge in [0.2, 0.25) is 0 Å². The van der Waals surface area contributed by atoms with E-state index in [-0.39, 0.29) is 18.4 Å². The number of hydrogen-bond acceptors (Lipinski definition) is 5. The fourth-order valence-electron chi connectivity index (χ4n) is 1.57. The van der Waals surface area contributed by atoms with E-state index in [1.165, 1.54) is 7.11 Å². The fourth-order valence-corrected chi connectivity index (χ4v) is 1.57. The monoisotopic (exact) mass is 251 g/mol. The van der Waals surface area contributed by atoms with Gasteiger partial charge in [-0.15, -0.1) is 0 Å². The Morgan fingerprint density at radius 1 is 1.44 bits per heavy atom. The van der Waals surface area contributed by atoms with Gasteiger partial charge in [0, 0.05) is 24.2 Å². The lowest BCUT2D eigenvalue weighted by molar-refractivity contribution is -0.138. The lowest BCUT2D eigenvalue weighted by atomic mass is 10.2. The van der Waals surface area contributed by atoms with Crippen molar-refractivity contribution in [1.29, 1.82) is 0 Å². The van der Waals surface area contributed by atoms with E-state index in [1.807, 2.05) is 24.8 Å². The van der Waals surface area contributed by atoms with Crippen LogP contribution >= 0.6 is 0 Å². The molecule has 100 valence electrons. The number of aromatic nitrogens is 2. The first-order valence-corrected chi connectivity index (χ1v) is 6.15. The van der Waals surface area contributed by atoms with Crippen molar-refractivity contribution in [3.05, 3.63) is 17.6 Å². The van der Waals surface area contributed by atoms with Crippen molar-refractivity contribution in [2.45, 2.75) is 33.6 Å². The van der Waals surface area contributed by atoms with E-state index in [9.17, 15) is 4.79 Å². The van der Waals surface area contributed by atoms with Crippen LogP contribution < -0.4 is 4.90 Å². The summed E-state index contributed by atoms with van der Waals surface area (Å²) >= 11 is 0. The topological polar surface area (TPSA) is 55.3 Å². The summed E-state index contributed by atoms with van der Waals surface area (Å²) in [7, 11) is 1.39. The zero-order valence-electron chi connectivity index (χ0n) is 11.7. The highest BCUT2D eigenvalue weighted by Gasteiger charge is 2.14. The van der Waals surface area contributed by atoms with Gasteiger partial charge in [0.1, 0.15) is 18.2 Å². The maximum absolute atomic E-state index is 11.4.